The molecule has 0 spiro atoms. The van der Waals surface area contributed by atoms with Gasteiger partial charge in [0.05, 0.1) is 5.25 Å². The van der Waals surface area contributed by atoms with Crippen LogP contribution in [0.15, 0.2) is 58.9 Å². The van der Waals surface area contributed by atoms with Crippen molar-refractivity contribution in [3.05, 3.63) is 65.7 Å². The summed E-state index contributed by atoms with van der Waals surface area (Å²) in [6.07, 6.45) is 0. The first kappa shape index (κ1) is 18.4. The van der Waals surface area contributed by atoms with Crippen LogP contribution in [0.25, 0.3) is 0 Å². The van der Waals surface area contributed by atoms with Crippen LogP contribution in [0.4, 0.5) is 10.8 Å². The van der Waals surface area contributed by atoms with Crippen molar-refractivity contribution in [2.75, 3.05) is 5.32 Å². The van der Waals surface area contributed by atoms with E-state index >= 15 is 0 Å². The fraction of sp³-hybridized carbons (Fsp3) is 0.211. The van der Waals surface area contributed by atoms with E-state index in [1.165, 1.54) is 28.7 Å². The third-order valence-corrected chi connectivity index (χ3v) is 5.66. The summed E-state index contributed by atoms with van der Waals surface area (Å²) in [5.74, 6) is -0.0118. The van der Waals surface area contributed by atoms with Gasteiger partial charge in [-0.05, 0) is 37.1 Å². The molecular formula is C19H20N4OS2. The second kappa shape index (κ2) is 8.82. The van der Waals surface area contributed by atoms with Crippen LogP contribution >= 0.6 is 23.1 Å². The molecule has 2 aromatic carbocycles. The Bertz CT molecular complexity index is 867. The number of hydrogen-bond donors (Lipinski definition) is 2. The van der Waals surface area contributed by atoms with Gasteiger partial charge in [-0.2, -0.15) is 0 Å². The number of carbonyl (C=O) groups excluding carboxylic acids is 1. The number of aryl methyl sites for hydroxylation is 1. The molecule has 7 heteroatoms. The molecule has 3 rings (SSSR count). The predicted octanol–water partition coefficient (Wildman–Crippen LogP) is 4.39. The monoisotopic (exact) mass is 384 g/mol. The minimum absolute atomic E-state index is 0.0118. The summed E-state index contributed by atoms with van der Waals surface area (Å²) in [4.78, 5) is 12.3. The SMILES string of the molecule is Cc1cccc(Nc2nnc(SC(C)C(=O)NCc3ccccc3)s2)c1. The lowest BCUT2D eigenvalue weighted by molar-refractivity contribution is -0.120. The Balaban J connectivity index is 1.52. The number of anilines is 2. The number of thioether (sulfide) groups is 1. The van der Waals surface area contributed by atoms with Gasteiger partial charge in [0, 0.05) is 12.2 Å². The van der Waals surface area contributed by atoms with Gasteiger partial charge < -0.3 is 10.6 Å². The lowest BCUT2D eigenvalue weighted by atomic mass is 10.2. The van der Waals surface area contributed by atoms with E-state index in [1.54, 1.807) is 0 Å². The Morgan fingerprint density at radius 1 is 1.15 bits per heavy atom. The highest BCUT2D eigenvalue weighted by Crippen LogP contribution is 2.30. The molecule has 0 aliphatic heterocycles. The summed E-state index contributed by atoms with van der Waals surface area (Å²) in [6.45, 7) is 4.45. The van der Waals surface area contributed by atoms with Crippen molar-refractivity contribution >= 4 is 39.8 Å². The van der Waals surface area contributed by atoms with Gasteiger partial charge >= 0.3 is 0 Å². The topological polar surface area (TPSA) is 66.9 Å². The number of hydrogen-bond acceptors (Lipinski definition) is 6. The summed E-state index contributed by atoms with van der Waals surface area (Å²) in [7, 11) is 0. The zero-order valence-corrected chi connectivity index (χ0v) is 16.2. The lowest BCUT2D eigenvalue weighted by Gasteiger charge is -2.10. The van der Waals surface area contributed by atoms with Crippen LogP contribution in [-0.4, -0.2) is 21.4 Å². The third-order valence-electron chi connectivity index (χ3n) is 3.63. The van der Waals surface area contributed by atoms with Crippen LogP contribution in [0, 0.1) is 6.92 Å². The van der Waals surface area contributed by atoms with E-state index in [4.69, 9.17) is 0 Å². The van der Waals surface area contributed by atoms with Crippen molar-refractivity contribution < 1.29 is 4.79 Å². The number of amides is 1. The normalized spacial score (nSPS) is 11.8. The summed E-state index contributed by atoms with van der Waals surface area (Å²) in [5, 5.41) is 15.0. The first-order valence-corrected chi connectivity index (χ1v) is 9.95. The summed E-state index contributed by atoms with van der Waals surface area (Å²) < 4.78 is 0.766. The average molecular weight is 385 g/mol. The van der Waals surface area contributed by atoms with E-state index in [9.17, 15) is 4.79 Å². The fourth-order valence-electron chi connectivity index (χ4n) is 2.29. The smallest absolute Gasteiger partial charge is 0.233 e. The molecule has 0 saturated carbocycles. The van der Waals surface area contributed by atoms with Gasteiger partial charge in [0.2, 0.25) is 11.0 Å². The summed E-state index contributed by atoms with van der Waals surface area (Å²) in [5.41, 5.74) is 3.24. The Hall–Kier alpha value is -2.38. The molecule has 2 N–H and O–H groups in total. The number of rotatable bonds is 7. The van der Waals surface area contributed by atoms with Crippen LogP contribution < -0.4 is 10.6 Å². The van der Waals surface area contributed by atoms with Crippen LogP contribution in [0.3, 0.4) is 0 Å². The molecule has 1 atom stereocenters. The van der Waals surface area contributed by atoms with Gasteiger partial charge in [0.25, 0.3) is 0 Å². The third kappa shape index (κ3) is 5.31. The van der Waals surface area contributed by atoms with Gasteiger partial charge in [0.15, 0.2) is 4.34 Å². The molecule has 0 radical (unpaired) electrons. The Morgan fingerprint density at radius 3 is 2.73 bits per heavy atom. The molecule has 0 aliphatic carbocycles. The molecule has 0 fully saturated rings. The second-order valence-corrected chi connectivity index (χ2v) is 8.40. The van der Waals surface area contributed by atoms with Crippen molar-refractivity contribution in [3.8, 4) is 0 Å². The summed E-state index contributed by atoms with van der Waals surface area (Å²) in [6, 6.07) is 17.9. The van der Waals surface area contributed by atoms with Gasteiger partial charge in [-0.25, -0.2) is 0 Å². The molecular weight excluding hydrogens is 364 g/mol. The molecule has 1 aromatic heterocycles. The van der Waals surface area contributed by atoms with Crippen molar-refractivity contribution in [3.63, 3.8) is 0 Å². The van der Waals surface area contributed by atoms with Crippen molar-refractivity contribution in [2.24, 2.45) is 0 Å². The number of aromatic nitrogens is 2. The minimum atomic E-state index is -0.238. The fourth-order valence-corrected chi connectivity index (χ4v) is 4.23. The van der Waals surface area contributed by atoms with E-state index in [1.807, 2.05) is 68.4 Å². The Morgan fingerprint density at radius 2 is 1.96 bits per heavy atom. The number of nitrogens with zero attached hydrogens (tertiary/aromatic N) is 2. The highest BCUT2D eigenvalue weighted by molar-refractivity contribution is 8.02. The van der Waals surface area contributed by atoms with Crippen LogP contribution in [0.5, 0.6) is 0 Å². The average Bonchev–Trinajstić information content (AvgIpc) is 3.07. The quantitative estimate of drug-likeness (QED) is 0.592. The highest BCUT2D eigenvalue weighted by atomic mass is 32.2. The maximum atomic E-state index is 12.3. The van der Waals surface area contributed by atoms with E-state index in [-0.39, 0.29) is 11.2 Å². The zero-order chi connectivity index (χ0) is 18.4. The van der Waals surface area contributed by atoms with Crippen molar-refractivity contribution in [2.45, 2.75) is 30.0 Å². The first-order chi connectivity index (χ1) is 12.6. The maximum Gasteiger partial charge on any atom is 0.233 e. The van der Waals surface area contributed by atoms with Gasteiger partial charge in [-0.15, -0.1) is 10.2 Å². The molecule has 1 heterocycles. The van der Waals surface area contributed by atoms with Gasteiger partial charge in [-0.1, -0.05) is 65.6 Å². The van der Waals surface area contributed by atoms with Crippen molar-refractivity contribution in [1.29, 1.82) is 0 Å². The molecule has 0 bridgehead atoms. The second-order valence-electron chi connectivity index (χ2n) is 5.83. The largest absolute Gasteiger partial charge is 0.351 e. The Labute approximate surface area is 161 Å². The van der Waals surface area contributed by atoms with Gasteiger partial charge in [0.1, 0.15) is 0 Å². The lowest BCUT2D eigenvalue weighted by Crippen LogP contribution is -2.30. The molecule has 134 valence electrons. The molecule has 0 aliphatic rings. The number of benzene rings is 2. The number of carbonyl (C=O) groups is 1. The molecule has 5 nitrogen and oxygen atoms in total. The highest BCUT2D eigenvalue weighted by Gasteiger charge is 2.17. The first-order valence-electron chi connectivity index (χ1n) is 8.25. The van der Waals surface area contributed by atoms with Crippen LogP contribution in [-0.2, 0) is 11.3 Å². The molecule has 26 heavy (non-hydrogen) atoms. The Kier molecular flexibility index (Phi) is 6.25. The molecule has 0 saturated heterocycles. The zero-order valence-electron chi connectivity index (χ0n) is 14.6. The summed E-state index contributed by atoms with van der Waals surface area (Å²) >= 11 is 2.86. The van der Waals surface area contributed by atoms with Crippen LogP contribution in [0.1, 0.15) is 18.1 Å². The van der Waals surface area contributed by atoms with Crippen molar-refractivity contribution in [1.82, 2.24) is 15.5 Å². The maximum absolute atomic E-state index is 12.3. The van der Waals surface area contributed by atoms with E-state index in [0.717, 1.165) is 20.7 Å². The molecule has 1 unspecified atom stereocenters. The molecule has 1 amide bonds. The van der Waals surface area contributed by atoms with Gasteiger partial charge in [-0.3, -0.25) is 4.79 Å². The van der Waals surface area contributed by atoms with Crippen LogP contribution in [0.2, 0.25) is 0 Å². The number of nitrogens with one attached hydrogen (secondary N) is 2. The standard InChI is InChI=1S/C19H20N4OS2/c1-13-7-6-10-16(11-13)21-18-22-23-19(26-18)25-14(2)17(24)20-12-15-8-4-3-5-9-15/h3-11,14H,12H2,1-2H3,(H,20,24)(H,21,22). The van der Waals surface area contributed by atoms with E-state index in [0.29, 0.717) is 6.54 Å². The van der Waals surface area contributed by atoms with E-state index in [2.05, 4.69) is 20.8 Å². The van der Waals surface area contributed by atoms with E-state index < -0.39 is 0 Å². The predicted molar refractivity (Wildman–Crippen MR) is 108 cm³/mol. The minimum Gasteiger partial charge on any atom is -0.351 e. The molecule has 3 aromatic rings.